The molecule has 3 rings (SSSR count). The van der Waals surface area contributed by atoms with E-state index in [1.807, 2.05) is 18.2 Å². The van der Waals surface area contributed by atoms with E-state index in [9.17, 15) is 4.79 Å². The Kier molecular flexibility index (Phi) is 3.03. The fourth-order valence-electron chi connectivity index (χ4n) is 2.34. The van der Waals surface area contributed by atoms with Gasteiger partial charge in [-0.25, -0.2) is 4.79 Å². The number of aromatic nitrogens is 1. The molecule has 0 aliphatic carbocycles. The molecule has 100 valence electrons. The minimum absolute atomic E-state index is 0.321. The predicted octanol–water partition coefficient (Wildman–Crippen LogP) is 3.93. The molecule has 0 atom stereocenters. The van der Waals surface area contributed by atoms with Crippen molar-refractivity contribution in [3.05, 3.63) is 59.7 Å². The molecule has 0 radical (unpaired) electrons. The SMILES string of the molecule is COC(=O)c1ccc2cc(-c3cccc(C)c3)[nH]c2c1. The Morgan fingerprint density at radius 3 is 2.70 bits per heavy atom. The van der Waals surface area contributed by atoms with Gasteiger partial charge in [-0.15, -0.1) is 0 Å². The van der Waals surface area contributed by atoms with Crippen LogP contribution in [0.25, 0.3) is 22.2 Å². The summed E-state index contributed by atoms with van der Waals surface area (Å²) in [6.07, 6.45) is 0. The molecular formula is C17H15NO2. The summed E-state index contributed by atoms with van der Waals surface area (Å²) in [6.45, 7) is 2.07. The largest absolute Gasteiger partial charge is 0.465 e. The molecule has 3 nitrogen and oxygen atoms in total. The van der Waals surface area contributed by atoms with Crippen LogP contribution in [0.3, 0.4) is 0 Å². The summed E-state index contributed by atoms with van der Waals surface area (Å²) in [6, 6.07) is 15.9. The number of ether oxygens (including phenoxy) is 1. The third-order valence-corrected chi connectivity index (χ3v) is 3.37. The second kappa shape index (κ2) is 4.85. The van der Waals surface area contributed by atoms with Crippen LogP contribution in [0, 0.1) is 6.92 Å². The van der Waals surface area contributed by atoms with Crippen molar-refractivity contribution in [3.63, 3.8) is 0 Å². The van der Waals surface area contributed by atoms with E-state index >= 15 is 0 Å². The average molecular weight is 265 g/mol. The monoisotopic (exact) mass is 265 g/mol. The lowest BCUT2D eigenvalue weighted by molar-refractivity contribution is 0.0601. The third-order valence-electron chi connectivity index (χ3n) is 3.37. The summed E-state index contributed by atoms with van der Waals surface area (Å²) < 4.78 is 4.74. The number of nitrogens with one attached hydrogen (secondary N) is 1. The van der Waals surface area contributed by atoms with Crippen molar-refractivity contribution in [1.29, 1.82) is 0 Å². The molecule has 0 saturated heterocycles. The number of carbonyl (C=O) groups excluding carboxylic acids is 1. The number of hydrogen-bond acceptors (Lipinski definition) is 2. The van der Waals surface area contributed by atoms with Crippen molar-refractivity contribution in [2.24, 2.45) is 0 Å². The maximum atomic E-state index is 11.5. The van der Waals surface area contributed by atoms with Gasteiger partial charge in [0.15, 0.2) is 0 Å². The Balaban J connectivity index is 2.09. The minimum Gasteiger partial charge on any atom is -0.465 e. The van der Waals surface area contributed by atoms with E-state index in [0.717, 1.165) is 22.2 Å². The lowest BCUT2D eigenvalue weighted by Gasteiger charge is -1.99. The number of methoxy groups -OCH3 is 1. The Bertz CT molecular complexity index is 787. The zero-order valence-electron chi connectivity index (χ0n) is 11.4. The van der Waals surface area contributed by atoms with Gasteiger partial charge in [-0.1, -0.05) is 29.8 Å². The molecule has 1 heterocycles. The van der Waals surface area contributed by atoms with Crippen molar-refractivity contribution in [1.82, 2.24) is 4.98 Å². The summed E-state index contributed by atoms with van der Waals surface area (Å²) >= 11 is 0. The first-order chi connectivity index (χ1) is 9.67. The van der Waals surface area contributed by atoms with Gasteiger partial charge in [0, 0.05) is 16.6 Å². The highest BCUT2D eigenvalue weighted by molar-refractivity contribution is 5.95. The van der Waals surface area contributed by atoms with E-state index in [1.54, 1.807) is 6.07 Å². The van der Waals surface area contributed by atoms with Gasteiger partial charge in [0.1, 0.15) is 0 Å². The number of benzene rings is 2. The molecule has 2 aromatic carbocycles. The van der Waals surface area contributed by atoms with E-state index in [4.69, 9.17) is 4.74 Å². The van der Waals surface area contributed by atoms with Crippen molar-refractivity contribution in [2.45, 2.75) is 6.92 Å². The first kappa shape index (κ1) is 12.5. The molecule has 20 heavy (non-hydrogen) atoms. The first-order valence-corrected chi connectivity index (χ1v) is 6.45. The van der Waals surface area contributed by atoms with Gasteiger partial charge >= 0.3 is 5.97 Å². The lowest BCUT2D eigenvalue weighted by atomic mass is 10.1. The van der Waals surface area contributed by atoms with E-state index < -0.39 is 0 Å². The third kappa shape index (κ3) is 2.18. The fraction of sp³-hybridized carbons (Fsp3) is 0.118. The zero-order chi connectivity index (χ0) is 14.1. The molecule has 3 aromatic rings. The normalized spacial score (nSPS) is 10.7. The standard InChI is InChI=1S/C17H15NO2/c1-11-4-3-5-12(8-11)15-9-13-6-7-14(17(19)20-2)10-16(13)18-15/h3-10,18H,1-2H3. The van der Waals surface area contributed by atoms with Gasteiger partial charge in [-0.3, -0.25) is 0 Å². The second-order valence-electron chi connectivity index (χ2n) is 4.85. The predicted molar refractivity (Wildman–Crippen MR) is 79.8 cm³/mol. The highest BCUT2D eigenvalue weighted by Crippen LogP contribution is 2.25. The number of hydrogen-bond donors (Lipinski definition) is 1. The van der Waals surface area contributed by atoms with Crippen LogP contribution in [0.4, 0.5) is 0 Å². The zero-order valence-corrected chi connectivity index (χ0v) is 11.4. The second-order valence-corrected chi connectivity index (χ2v) is 4.85. The van der Waals surface area contributed by atoms with E-state index in [0.29, 0.717) is 5.56 Å². The van der Waals surface area contributed by atoms with Crippen LogP contribution in [0.1, 0.15) is 15.9 Å². The lowest BCUT2D eigenvalue weighted by Crippen LogP contribution is -2.00. The number of fused-ring (bicyclic) bond motifs is 1. The van der Waals surface area contributed by atoms with Crippen molar-refractivity contribution >= 4 is 16.9 Å². The van der Waals surface area contributed by atoms with Gasteiger partial charge in [-0.05, 0) is 36.8 Å². The average Bonchev–Trinajstić information content (AvgIpc) is 2.89. The fourth-order valence-corrected chi connectivity index (χ4v) is 2.34. The molecule has 0 aliphatic heterocycles. The summed E-state index contributed by atoms with van der Waals surface area (Å²) in [7, 11) is 1.39. The van der Waals surface area contributed by atoms with Crippen LogP contribution < -0.4 is 0 Å². The molecule has 3 heteroatoms. The maximum Gasteiger partial charge on any atom is 0.337 e. The van der Waals surface area contributed by atoms with Gasteiger partial charge in [0.2, 0.25) is 0 Å². The maximum absolute atomic E-state index is 11.5. The molecule has 0 bridgehead atoms. The summed E-state index contributed by atoms with van der Waals surface area (Å²) in [5.74, 6) is -0.321. The number of carbonyl (C=O) groups is 1. The molecule has 0 fully saturated rings. The number of rotatable bonds is 2. The number of H-pyrrole nitrogens is 1. The van der Waals surface area contributed by atoms with E-state index in [-0.39, 0.29) is 5.97 Å². The molecule has 0 aliphatic rings. The van der Waals surface area contributed by atoms with E-state index in [2.05, 4.69) is 36.2 Å². The molecule has 1 aromatic heterocycles. The molecule has 1 N–H and O–H groups in total. The highest BCUT2D eigenvalue weighted by Gasteiger charge is 2.08. The van der Waals surface area contributed by atoms with Crippen molar-refractivity contribution in [3.8, 4) is 11.3 Å². The van der Waals surface area contributed by atoms with Gasteiger partial charge in [-0.2, -0.15) is 0 Å². The number of aromatic amines is 1. The van der Waals surface area contributed by atoms with Crippen LogP contribution in [0.2, 0.25) is 0 Å². The molecule has 0 unspecified atom stereocenters. The topological polar surface area (TPSA) is 42.1 Å². The Morgan fingerprint density at radius 1 is 1.10 bits per heavy atom. The number of aryl methyl sites for hydroxylation is 1. The van der Waals surface area contributed by atoms with Crippen LogP contribution >= 0.6 is 0 Å². The van der Waals surface area contributed by atoms with Crippen LogP contribution in [0.5, 0.6) is 0 Å². The van der Waals surface area contributed by atoms with Crippen LogP contribution in [0.15, 0.2) is 48.5 Å². The summed E-state index contributed by atoms with van der Waals surface area (Å²) in [5, 5.41) is 1.08. The van der Waals surface area contributed by atoms with E-state index in [1.165, 1.54) is 12.7 Å². The van der Waals surface area contributed by atoms with Gasteiger partial charge < -0.3 is 9.72 Å². The smallest absolute Gasteiger partial charge is 0.337 e. The Hall–Kier alpha value is -2.55. The quantitative estimate of drug-likeness (QED) is 0.713. The first-order valence-electron chi connectivity index (χ1n) is 6.45. The van der Waals surface area contributed by atoms with Gasteiger partial charge in [0.05, 0.1) is 12.7 Å². The molecular weight excluding hydrogens is 250 g/mol. The minimum atomic E-state index is -0.321. The molecule has 0 spiro atoms. The number of esters is 1. The summed E-state index contributed by atoms with van der Waals surface area (Å²) in [5.41, 5.74) is 4.89. The van der Waals surface area contributed by atoms with Crippen molar-refractivity contribution < 1.29 is 9.53 Å². The van der Waals surface area contributed by atoms with Crippen molar-refractivity contribution in [2.75, 3.05) is 7.11 Å². The summed E-state index contributed by atoms with van der Waals surface area (Å²) in [4.78, 5) is 14.9. The van der Waals surface area contributed by atoms with Crippen LogP contribution in [-0.4, -0.2) is 18.1 Å². The highest BCUT2D eigenvalue weighted by atomic mass is 16.5. The molecule has 0 amide bonds. The Morgan fingerprint density at radius 2 is 1.95 bits per heavy atom. The van der Waals surface area contributed by atoms with Crippen LogP contribution in [-0.2, 0) is 4.74 Å². The molecule has 0 saturated carbocycles. The van der Waals surface area contributed by atoms with Gasteiger partial charge in [0.25, 0.3) is 0 Å². The Labute approximate surface area is 117 Å².